The van der Waals surface area contributed by atoms with E-state index in [1.165, 1.54) is 12.1 Å². The van der Waals surface area contributed by atoms with Gasteiger partial charge in [0.05, 0.1) is 6.04 Å². The fraction of sp³-hybridized carbons (Fsp3) is 0.143. The van der Waals surface area contributed by atoms with E-state index in [0.29, 0.717) is 0 Å². The van der Waals surface area contributed by atoms with Gasteiger partial charge in [0.2, 0.25) is 0 Å². The van der Waals surface area contributed by atoms with Crippen LogP contribution in [0.3, 0.4) is 0 Å². The van der Waals surface area contributed by atoms with Gasteiger partial charge in [-0.1, -0.05) is 34.1 Å². The Kier molecular flexibility index (Phi) is 4.11. The van der Waals surface area contributed by atoms with Crippen LogP contribution in [0.1, 0.15) is 22.7 Å². The molecule has 0 saturated heterocycles. The number of rotatable bonds is 3. The second kappa shape index (κ2) is 5.61. The third-order valence-electron chi connectivity index (χ3n) is 2.77. The Balaban J connectivity index is 2.41. The zero-order valence-corrected chi connectivity index (χ0v) is 11.5. The largest absolute Gasteiger partial charge is 0.271 e. The van der Waals surface area contributed by atoms with Crippen molar-refractivity contribution >= 4 is 15.9 Å². The van der Waals surface area contributed by atoms with Gasteiger partial charge in [0.15, 0.2) is 0 Å². The number of hydrogen-bond donors (Lipinski definition) is 2. The van der Waals surface area contributed by atoms with E-state index in [0.717, 1.165) is 21.2 Å². The van der Waals surface area contributed by atoms with Crippen LogP contribution < -0.4 is 11.3 Å². The lowest BCUT2D eigenvalue weighted by molar-refractivity contribution is 0.604. The summed E-state index contributed by atoms with van der Waals surface area (Å²) in [5.74, 6) is 5.34. The maximum absolute atomic E-state index is 13.4. The number of hydrazine groups is 1. The fourth-order valence-electron chi connectivity index (χ4n) is 1.97. The Hall–Kier alpha value is -1.23. The molecule has 94 valence electrons. The monoisotopic (exact) mass is 308 g/mol. The van der Waals surface area contributed by atoms with E-state index in [-0.39, 0.29) is 11.9 Å². The molecule has 18 heavy (non-hydrogen) atoms. The molecule has 3 N–H and O–H groups in total. The molecule has 0 radical (unpaired) electrons. The maximum atomic E-state index is 13.4. The van der Waals surface area contributed by atoms with Gasteiger partial charge >= 0.3 is 0 Å². The van der Waals surface area contributed by atoms with Gasteiger partial charge in [-0.25, -0.2) is 9.82 Å². The molecule has 0 aromatic heterocycles. The van der Waals surface area contributed by atoms with Crippen molar-refractivity contribution in [1.29, 1.82) is 0 Å². The van der Waals surface area contributed by atoms with Gasteiger partial charge in [-0.2, -0.15) is 0 Å². The molecule has 0 aliphatic heterocycles. The summed E-state index contributed by atoms with van der Waals surface area (Å²) in [7, 11) is 0. The molecule has 2 aromatic carbocycles. The predicted octanol–water partition coefficient (Wildman–Crippen LogP) is 3.45. The first-order valence-electron chi connectivity index (χ1n) is 5.59. The standard InChI is InChI=1S/C14H14BrFN2/c1-9-6-11(8-13(16)7-9)14(18-17)10-2-4-12(15)5-3-10/h2-8,14,18H,17H2,1H3. The molecule has 0 spiro atoms. The first-order chi connectivity index (χ1) is 8.60. The quantitative estimate of drug-likeness (QED) is 0.673. The van der Waals surface area contributed by atoms with Crippen molar-refractivity contribution in [3.63, 3.8) is 0 Å². The number of nitrogens with two attached hydrogens (primary N) is 1. The molecule has 0 heterocycles. The van der Waals surface area contributed by atoms with Crippen molar-refractivity contribution in [1.82, 2.24) is 5.43 Å². The summed E-state index contributed by atoms with van der Waals surface area (Å²) in [5.41, 5.74) is 5.41. The smallest absolute Gasteiger partial charge is 0.123 e. The zero-order valence-electron chi connectivity index (χ0n) is 9.95. The highest BCUT2D eigenvalue weighted by molar-refractivity contribution is 9.10. The van der Waals surface area contributed by atoms with Crippen molar-refractivity contribution in [3.8, 4) is 0 Å². The molecule has 1 unspecified atom stereocenters. The van der Waals surface area contributed by atoms with Gasteiger partial charge in [0, 0.05) is 4.47 Å². The predicted molar refractivity (Wildman–Crippen MR) is 74.4 cm³/mol. The van der Waals surface area contributed by atoms with Crippen molar-refractivity contribution in [3.05, 3.63) is 69.4 Å². The SMILES string of the molecule is Cc1cc(F)cc(C(NN)c2ccc(Br)cc2)c1. The van der Waals surface area contributed by atoms with Crippen LogP contribution in [0, 0.1) is 12.7 Å². The van der Waals surface area contributed by atoms with E-state index < -0.39 is 0 Å². The summed E-state index contributed by atoms with van der Waals surface area (Å²) in [5, 5.41) is 0. The van der Waals surface area contributed by atoms with Crippen LogP contribution >= 0.6 is 15.9 Å². The maximum Gasteiger partial charge on any atom is 0.123 e. The molecule has 4 heteroatoms. The molecule has 0 bridgehead atoms. The summed E-state index contributed by atoms with van der Waals surface area (Å²) in [6, 6.07) is 12.5. The van der Waals surface area contributed by atoms with E-state index in [1.54, 1.807) is 0 Å². The topological polar surface area (TPSA) is 38.0 Å². The summed E-state index contributed by atoms with van der Waals surface area (Å²) in [6.45, 7) is 1.86. The Morgan fingerprint density at radius 2 is 1.78 bits per heavy atom. The molecule has 0 amide bonds. The minimum absolute atomic E-state index is 0.215. The number of nitrogens with one attached hydrogen (secondary N) is 1. The Morgan fingerprint density at radius 3 is 2.33 bits per heavy atom. The molecule has 2 rings (SSSR count). The summed E-state index contributed by atoms with van der Waals surface area (Å²) >= 11 is 3.38. The number of benzene rings is 2. The molecule has 1 atom stereocenters. The highest BCUT2D eigenvalue weighted by Gasteiger charge is 2.13. The van der Waals surface area contributed by atoms with Crippen LogP contribution in [0.4, 0.5) is 4.39 Å². The van der Waals surface area contributed by atoms with E-state index >= 15 is 0 Å². The summed E-state index contributed by atoms with van der Waals surface area (Å²) in [4.78, 5) is 0. The lowest BCUT2D eigenvalue weighted by Gasteiger charge is -2.17. The van der Waals surface area contributed by atoms with Gasteiger partial charge in [-0.15, -0.1) is 0 Å². The Bertz CT molecular complexity index is 520. The normalized spacial score (nSPS) is 12.4. The van der Waals surface area contributed by atoms with Crippen molar-refractivity contribution in [2.75, 3.05) is 0 Å². The molecular formula is C14H14BrFN2. The van der Waals surface area contributed by atoms with Crippen LogP contribution in [0.2, 0.25) is 0 Å². The highest BCUT2D eigenvalue weighted by Crippen LogP contribution is 2.24. The lowest BCUT2D eigenvalue weighted by atomic mass is 9.98. The van der Waals surface area contributed by atoms with Crippen molar-refractivity contribution in [2.24, 2.45) is 5.84 Å². The van der Waals surface area contributed by atoms with Gasteiger partial charge in [-0.3, -0.25) is 5.84 Å². The average Bonchev–Trinajstić information content (AvgIpc) is 2.31. The zero-order chi connectivity index (χ0) is 13.1. The van der Waals surface area contributed by atoms with Gasteiger partial charge in [0.25, 0.3) is 0 Å². The molecule has 2 aromatic rings. The highest BCUT2D eigenvalue weighted by atomic mass is 79.9. The number of aryl methyl sites for hydroxylation is 1. The summed E-state index contributed by atoms with van der Waals surface area (Å²) < 4.78 is 14.4. The molecule has 0 saturated carbocycles. The lowest BCUT2D eigenvalue weighted by Crippen LogP contribution is -2.28. The van der Waals surface area contributed by atoms with Gasteiger partial charge in [0.1, 0.15) is 5.82 Å². The van der Waals surface area contributed by atoms with Crippen molar-refractivity contribution < 1.29 is 4.39 Å². The average molecular weight is 309 g/mol. The minimum Gasteiger partial charge on any atom is -0.271 e. The first-order valence-corrected chi connectivity index (χ1v) is 6.38. The molecule has 2 nitrogen and oxygen atoms in total. The number of halogens is 2. The second-order valence-electron chi connectivity index (χ2n) is 4.21. The van der Waals surface area contributed by atoms with Crippen LogP contribution in [0.15, 0.2) is 46.9 Å². The van der Waals surface area contributed by atoms with Gasteiger partial charge < -0.3 is 0 Å². The van der Waals surface area contributed by atoms with Crippen LogP contribution in [0.5, 0.6) is 0 Å². The fourth-order valence-corrected chi connectivity index (χ4v) is 2.24. The number of hydrogen-bond acceptors (Lipinski definition) is 2. The van der Waals surface area contributed by atoms with E-state index in [1.807, 2.05) is 37.3 Å². The third kappa shape index (κ3) is 2.96. The molecule has 0 aliphatic carbocycles. The van der Waals surface area contributed by atoms with Crippen LogP contribution in [0.25, 0.3) is 0 Å². The Labute approximate surface area is 114 Å². The molecular weight excluding hydrogens is 295 g/mol. The van der Waals surface area contributed by atoms with E-state index in [9.17, 15) is 4.39 Å². The van der Waals surface area contributed by atoms with E-state index in [4.69, 9.17) is 5.84 Å². The molecule has 0 aliphatic rings. The third-order valence-corrected chi connectivity index (χ3v) is 3.30. The van der Waals surface area contributed by atoms with E-state index in [2.05, 4.69) is 21.4 Å². The van der Waals surface area contributed by atoms with Crippen LogP contribution in [-0.4, -0.2) is 0 Å². The summed E-state index contributed by atoms with van der Waals surface area (Å²) in [6.07, 6.45) is 0. The second-order valence-corrected chi connectivity index (χ2v) is 5.13. The molecule has 0 fully saturated rings. The van der Waals surface area contributed by atoms with Gasteiger partial charge in [-0.05, 0) is 47.9 Å². The van der Waals surface area contributed by atoms with Crippen LogP contribution in [-0.2, 0) is 0 Å². The van der Waals surface area contributed by atoms with Crippen molar-refractivity contribution in [2.45, 2.75) is 13.0 Å². The minimum atomic E-state index is -0.248. The first kappa shape index (κ1) is 13.2. The Morgan fingerprint density at radius 1 is 1.11 bits per heavy atom.